The third kappa shape index (κ3) is 4.16. The monoisotopic (exact) mass is 390 g/mol. The summed E-state index contributed by atoms with van der Waals surface area (Å²) in [4.78, 5) is 26.5. The lowest BCUT2D eigenvalue weighted by Crippen LogP contribution is -2.25. The molecule has 0 saturated carbocycles. The van der Waals surface area contributed by atoms with Crippen LogP contribution in [0.15, 0.2) is 54.3 Å². The lowest BCUT2D eigenvalue weighted by atomic mass is 10.1. The number of ether oxygens (including phenoxy) is 2. The van der Waals surface area contributed by atoms with Gasteiger partial charge in [-0.15, -0.1) is 0 Å². The standard InChI is InChI=1S/C23H22N2O4/c1-28-19-10-8-16(14-17(19)9-11-22(26)25-12-4-5-13-25)15-21-23(27)24-18-6-2-3-7-20(18)29-21/h2-3,6-11,14-15H,4-5,12-13H2,1H3,(H,24,27)/b11-9-,21-15+. The van der Waals surface area contributed by atoms with Crippen LogP contribution in [0.4, 0.5) is 5.69 Å². The molecule has 0 bridgehead atoms. The maximum absolute atomic E-state index is 12.3. The second-order valence-electron chi connectivity index (χ2n) is 6.93. The van der Waals surface area contributed by atoms with Gasteiger partial charge >= 0.3 is 0 Å². The minimum atomic E-state index is -0.305. The fraction of sp³-hybridized carbons (Fsp3) is 0.217. The van der Waals surface area contributed by atoms with Crippen molar-refractivity contribution in [3.05, 3.63) is 65.4 Å². The number of methoxy groups -OCH3 is 1. The number of benzene rings is 2. The molecule has 2 heterocycles. The summed E-state index contributed by atoms with van der Waals surface area (Å²) in [7, 11) is 1.59. The molecule has 0 aliphatic carbocycles. The number of amides is 2. The van der Waals surface area contributed by atoms with E-state index in [1.54, 1.807) is 43.5 Å². The number of rotatable bonds is 4. The van der Waals surface area contributed by atoms with Gasteiger partial charge in [0, 0.05) is 24.7 Å². The van der Waals surface area contributed by atoms with Crippen molar-refractivity contribution >= 4 is 29.7 Å². The molecular formula is C23H22N2O4. The van der Waals surface area contributed by atoms with E-state index in [-0.39, 0.29) is 17.6 Å². The maximum Gasteiger partial charge on any atom is 0.291 e. The van der Waals surface area contributed by atoms with Gasteiger partial charge in [0.1, 0.15) is 5.75 Å². The predicted octanol–water partition coefficient (Wildman–Crippen LogP) is 3.70. The Balaban J connectivity index is 1.58. The Bertz CT molecular complexity index is 1000. The number of nitrogens with one attached hydrogen (secondary N) is 1. The number of hydrogen-bond acceptors (Lipinski definition) is 4. The number of fused-ring (bicyclic) bond motifs is 1. The largest absolute Gasteiger partial charge is 0.496 e. The summed E-state index contributed by atoms with van der Waals surface area (Å²) in [5.74, 6) is 1.15. The van der Waals surface area contributed by atoms with Gasteiger partial charge in [-0.2, -0.15) is 0 Å². The molecule has 0 aromatic heterocycles. The molecule has 1 fully saturated rings. The van der Waals surface area contributed by atoms with Crippen molar-refractivity contribution in [1.29, 1.82) is 0 Å². The van der Waals surface area contributed by atoms with E-state index in [9.17, 15) is 9.59 Å². The summed E-state index contributed by atoms with van der Waals surface area (Å²) in [6, 6.07) is 12.8. The van der Waals surface area contributed by atoms with Crippen LogP contribution in [0.2, 0.25) is 0 Å². The van der Waals surface area contributed by atoms with Gasteiger partial charge in [-0.1, -0.05) is 18.2 Å². The molecule has 1 N–H and O–H groups in total. The van der Waals surface area contributed by atoms with E-state index in [0.29, 0.717) is 17.2 Å². The second kappa shape index (κ2) is 8.22. The molecule has 0 spiro atoms. The molecule has 1 saturated heterocycles. The molecule has 2 aromatic rings. The zero-order chi connectivity index (χ0) is 20.2. The van der Waals surface area contributed by atoms with E-state index in [4.69, 9.17) is 9.47 Å². The van der Waals surface area contributed by atoms with E-state index in [2.05, 4.69) is 5.32 Å². The van der Waals surface area contributed by atoms with Gasteiger partial charge in [-0.25, -0.2) is 0 Å². The molecule has 6 nitrogen and oxygen atoms in total. The lowest BCUT2D eigenvalue weighted by Gasteiger charge is -2.19. The first-order valence-corrected chi connectivity index (χ1v) is 9.59. The van der Waals surface area contributed by atoms with Crippen LogP contribution in [0.1, 0.15) is 24.0 Å². The predicted molar refractivity (Wildman–Crippen MR) is 112 cm³/mol. The number of anilines is 1. The van der Waals surface area contributed by atoms with E-state index in [0.717, 1.165) is 37.1 Å². The maximum atomic E-state index is 12.3. The molecule has 2 amide bonds. The average Bonchev–Trinajstić information content (AvgIpc) is 3.28. The van der Waals surface area contributed by atoms with Crippen LogP contribution in [-0.2, 0) is 9.59 Å². The van der Waals surface area contributed by atoms with Crippen LogP contribution in [0, 0.1) is 0 Å². The third-order valence-electron chi connectivity index (χ3n) is 4.95. The van der Waals surface area contributed by atoms with Crippen molar-refractivity contribution in [2.45, 2.75) is 12.8 Å². The van der Waals surface area contributed by atoms with Crippen LogP contribution in [-0.4, -0.2) is 36.9 Å². The zero-order valence-electron chi connectivity index (χ0n) is 16.2. The normalized spacial score (nSPS) is 17.2. The molecule has 4 rings (SSSR count). The van der Waals surface area contributed by atoms with Gasteiger partial charge in [-0.3, -0.25) is 9.59 Å². The van der Waals surface area contributed by atoms with Crippen LogP contribution >= 0.6 is 0 Å². The van der Waals surface area contributed by atoms with Crippen LogP contribution < -0.4 is 14.8 Å². The van der Waals surface area contributed by atoms with Crippen molar-refractivity contribution in [2.24, 2.45) is 0 Å². The topological polar surface area (TPSA) is 67.9 Å². The van der Waals surface area contributed by atoms with E-state index in [1.807, 2.05) is 29.2 Å². The van der Waals surface area contributed by atoms with Gasteiger partial charge in [0.2, 0.25) is 5.91 Å². The van der Waals surface area contributed by atoms with Crippen LogP contribution in [0.25, 0.3) is 12.2 Å². The summed E-state index contributed by atoms with van der Waals surface area (Å²) in [5, 5.41) is 2.82. The Morgan fingerprint density at radius 2 is 1.97 bits per heavy atom. The molecule has 0 unspecified atom stereocenters. The van der Waals surface area contributed by atoms with E-state index < -0.39 is 0 Å². The smallest absolute Gasteiger partial charge is 0.291 e. The Morgan fingerprint density at radius 1 is 1.17 bits per heavy atom. The molecule has 0 atom stereocenters. The van der Waals surface area contributed by atoms with Crippen molar-refractivity contribution < 1.29 is 19.1 Å². The molecule has 29 heavy (non-hydrogen) atoms. The van der Waals surface area contributed by atoms with Crippen LogP contribution in [0.5, 0.6) is 11.5 Å². The second-order valence-corrected chi connectivity index (χ2v) is 6.93. The summed E-state index contributed by atoms with van der Waals surface area (Å²) in [6.07, 6.45) is 7.09. The lowest BCUT2D eigenvalue weighted by molar-refractivity contribution is -0.124. The summed E-state index contributed by atoms with van der Waals surface area (Å²) >= 11 is 0. The zero-order valence-corrected chi connectivity index (χ0v) is 16.2. The average molecular weight is 390 g/mol. The summed E-state index contributed by atoms with van der Waals surface area (Å²) < 4.78 is 11.2. The Labute approximate surface area is 169 Å². The highest BCUT2D eigenvalue weighted by Crippen LogP contribution is 2.31. The summed E-state index contributed by atoms with van der Waals surface area (Å²) in [5.41, 5.74) is 2.17. The van der Waals surface area contributed by atoms with Crippen molar-refractivity contribution in [3.63, 3.8) is 0 Å². The van der Waals surface area contributed by atoms with Crippen molar-refractivity contribution in [2.75, 3.05) is 25.5 Å². The molecule has 6 heteroatoms. The molecule has 2 aliphatic heterocycles. The number of carbonyl (C=O) groups is 2. The van der Waals surface area contributed by atoms with Crippen LogP contribution in [0.3, 0.4) is 0 Å². The summed E-state index contributed by atoms with van der Waals surface area (Å²) in [6.45, 7) is 1.61. The Kier molecular flexibility index (Phi) is 5.33. The Morgan fingerprint density at radius 3 is 2.76 bits per heavy atom. The molecule has 0 radical (unpaired) electrons. The third-order valence-corrected chi connectivity index (χ3v) is 4.95. The molecule has 2 aromatic carbocycles. The minimum absolute atomic E-state index is 0.0000839. The number of carbonyl (C=O) groups excluding carboxylic acids is 2. The highest BCUT2D eigenvalue weighted by atomic mass is 16.5. The fourth-order valence-corrected chi connectivity index (χ4v) is 3.43. The number of nitrogens with zero attached hydrogens (tertiary/aromatic N) is 1. The van der Waals surface area contributed by atoms with Gasteiger partial charge < -0.3 is 19.7 Å². The first-order valence-electron chi connectivity index (χ1n) is 9.59. The van der Waals surface area contributed by atoms with Crippen molar-refractivity contribution in [1.82, 2.24) is 4.90 Å². The van der Waals surface area contributed by atoms with Gasteiger partial charge in [0.05, 0.1) is 12.8 Å². The fourth-order valence-electron chi connectivity index (χ4n) is 3.43. The van der Waals surface area contributed by atoms with E-state index in [1.165, 1.54) is 0 Å². The number of hydrogen-bond donors (Lipinski definition) is 1. The van der Waals surface area contributed by atoms with Gasteiger partial charge in [-0.05, 0) is 54.8 Å². The first-order chi connectivity index (χ1) is 14.1. The highest BCUT2D eigenvalue weighted by molar-refractivity contribution is 6.08. The van der Waals surface area contributed by atoms with Gasteiger partial charge in [0.25, 0.3) is 5.91 Å². The quantitative estimate of drug-likeness (QED) is 0.809. The number of para-hydroxylation sites is 2. The number of likely N-dealkylation sites (tertiary alicyclic amines) is 1. The van der Waals surface area contributed by atoms with Gasteiger partial charge in [0.15, 0.2) is 11.5 Å². The minimum Gasteiger partial charge on any atom is -0.496 e. The highest BCUT2D eigenvalue weighted by Gasteiger charge is 2.21. The van der Waals surface area contributed by atoms with E-state index >= 15 is 0 Å². The molecule has 148 valence electrons. The SMILES string of the molecule is COc1ccc(/C=C2/Oc3ccccc3NC2=O)cc1/C=C\C(=O)N1CCCC1. The first kappa shape index (κ1) is 18.8. The molecule has 2 aliphatic rings. The molecular weight excluding hydrogens is 368 g/mol. The Hall–Kier alpha value is -3.54. The van der Waals surface area contributed by atoms with Crippen molar-refractivity contribution in [3.8, 4) is 11.5 Å².